The van der Waals surface area contributed by atoms with Crippen molar-refractivity contribution in [2.45, 2.75) is 25.3 Å². The number of amides is 3. The van der Waals surface area contributed by atoms with Crippen LogP contribution in [0, 0.1) is 5.92 Å². The van der Waals surface area contributed by atoms with Gasteiger partial charge in [0.1, 0.15) is 0 Å². The molecule has 1 aromatic heterocycles. The monoisotopic (exact) mass is 303 g/mol. The van der Waals surface area contributed by atoms with E-state index in [0.717, 1.165) is 38.2 Å². The summed E-state index contributed by atoms with van der Waals surface area (Å²) < 4.78 is 1.89. The summed E-state index contributed by atoms with van der Waals surface area (Å²) in [6.07, 6.45) is 6.96. The standard InChI is InChI=1S/C15H21N5O2/c1-17-5-6-19(15(17)22)12-7-16-20(10-12)13-8-18(9-13)14(21)11-3-2-4-11/h7,10-11,13H,2-6,8-9H2,1H3. The maximum Gasteiger partial charge on any atom is 0.324 e. The van der Waals surface area contributed by atoms with Gasteiger partial charge in [0, 0.05) is 45.3 Å². The second-order valence-electron chi connectivity index (χ2n) is 6.56. The minimum absolute atomic E-state index is 0.0231. The first kappa shape index (κ1) is 13.6. The molecule has 0 bridgehead atoms. The molecule has 0 atom stereocenters. The molecule has 2 saturated heterocycles. The van der Waals surface area contributed by atoms with Crippen LogP contribution in [0.15, 0.2) is 12.4 Å². The number of aromatic nitrogens is 2. The summed E-state index contributed by atoms with van der Waals surface area (Å²) in [4.78, 5) is 29.5. The van der Waals surface area contributed by atoms with Crippen molar-refractivity contribution in [3.63, 3.8) is 0 Å². The van der Waals surface area contributed by atoms with Gasteiger partial charge in [-0.3, -0.25) is 14.4 Å². The van der Waals surface area contributed by atoms with Crippen molar-refractivity contribution in [3.05, 3.63) is 12.4 Å². The van der Waals surface area contributed by atoms with Crippen molar-refractivity contribution in [2.75, 3.05) is 38.1 Å². The van der Waals surface area contributed by atoms with E-state index in [9.17, 15) is 9.59 Å². The van der Waals surface area contributed by atoms with E-state index in [2.05, 4.69) is 5.10 Å². The second kappa shape index (κ2) is 5.00. The van der Waals surface area contributed by atoms with Crippen molar-refractivity contribution < 1.29 is 9.59 Å². The van der Waals surface area contributed by atoms with Crippen LogP contribution >= 0.6 is 0 Å². The van der Waals surface area contributed by atoms with Crippen LogP contribution in [0.3, 0.4) is 0 Å². The Balaban J connectivity index is 1.37. The van der Waals surface area contributed by atoms with E-state index in [-0.39, 0.29) is 18.0 Å². The first-order valence-electron chi connectivity index (χ1n) is 7.99. The summed E-state index contributed by atoms with van der Waals surface area (Å²) >= 11 is 0. The number of urea groups is 1. The molecule has 3 amide bonds. The number of carbonyl (C=O) groups excluding carboxylic acids is 2. The molecule has 1 aromatic rings. The molecule has 118 valence electrons. The Bertz CT molecular complexity index is 603. The molecule has 3 fully saturated rings. The average Bonchev–Trinajstić information content (AvgIpc) is 2.95. The normalized spacial score (nSPS) is 23.0. The smallest absolute Gasteiger partial charge is 0.324 e. The van der Waals surface area contributed by atoms with Crippen LogP contribution in [0.25, 0.3) is 0 Å². The van der Waals surface area contributed by atoms with Crippen LogP contribution in [0.5, 0.6) is 0 Å². The van der Waals surface area contributed by atoms with Crippen molar-refractivity contribution >= 4 is 17.6 Å². The van der Waals surface area contributed by atoms with Gasteiger partial charge in [0.25, 0.3) is 0 Å². The molecule has 1 saturated carbocycles. The molecule has 0 spiro atoms. The molecular weight excluding hydrogens is 282 g/mol. The SMILES string of the molecule is CN1CCN(c2cnn(C3CN(C(=O)C4CCC4)C3)c2)C1=O. The number of anilines is 1. The van der Waals surface area contributed by atoms with Gasteiger partial charge in [0.15, 0.2) is 0 Å². The number of carbonyl (C=O) groups is 2. The number of nitrogens with zero attached hydrogens (tertiary/aromatic N) is 5. The van der Waals surface area contributed by atoms with Crippen LogP contribution < -0.4 is 4.90 Å². The van der Waals surface area contributed by atoms with E-state index in [1.807, 2.05) is 22.8 Å². The highest BCUT2D eigenvalue weighted by Gasteiger charge is 2.38. The zero-order chi connectivity index (χ0) is 15.3. The maximum atomic E-state index is 12.1. The van der Waals surface area contributed by atoms with E-state index >= 15 is 0 Å². The molecule has 2 aliphatic heterocycles. The van der Waals surface area contributed by atoms with Crippen molar-refractivity contribution in [1.29, 1.82) is 0 Å². The summed E-state index contributed by atoms with van der Waals surface area (Å²) in [7, 11) is 1.81. The molecule has 0 unspecified atom stereocenters. The quantitative estimate of drug-likeness (QED) is 0.835. The van der Waals surface area contributed by atoms with Gasteiger partial charge < -0.3 is 9.80 Å². The van der Waals surface area contributed by atoms with E-state index in [1.165, 1.54) is 6.42 Å². The lowest BCUT2D eigenvalue weighted by Gasteiger charge is -2.42. The Hall–Kier alpha value is -2.05. The van der Waals surface area contributed by atoms with Crippen LogP contribution in [-0.2, 0) is 4.79 Å². The highest BCUT2D eigenvalue weighted by molar-refractivity contribution is 5.93. The molecule has 3 aliphatic rings. The lowest BCUT2D eigenvalue weighted by Crippen LogP contribution is -2.53. The molecular formula is C15H21N5O2. The highest BCUT2D eigenvalue weighted by atomic mass is 16.2. The summed E-state index contributed by atoms with van der Waals surface area (Å²) in [6.45, 7) is 2.93. The van der Waals surface area contributed by atoms with Crippen LogP contribution in [0.2, 0.25) is 0 Å². The van der Waals surface area contributed by atoms with Crippen molar-refractivity contribution in [3.8, 4) is 0 Å². The summed E-state index contributed by atoms with van der Waals surface area (Å²) in [5.74, 6) is 0.582. The Kier molecular flexibility index (Phi) is 3.09. The lowest BCUT2D eigenvalue weighted by molar-refractivity contribution is -0.144. The number of rotatable bonds is 3. The minimum Gasteiger partial charge on any atom is -0.338 e. The van der Waals surface area contributed by atoms with E-state index in [0.29, 0.717) is 12.5 Å². The van der Waals surface area contributed by atoms with Crippen LogP contribution in [-0.4, -0.2) is 64.7 Å². The molecule has 0 radical (unpaired) electrons. The summed E-state index contributed by atoms with van der Waals surface area (Å²) in [6, 6.07) is 0.267. The lowest BCUT2D eigenvalue weighted by atomic mass is 9.83. The van der Waals surface area contributed by atoms with E-state index < -0.39 is 0 Å². The van der Waals surface area contributed by atoms with Gasteiger partial charge in [0.05, 0.1) is 17.9 Å². The van der Waals surface area contributed by atoms with Gasteiger partial charge in [0.2, 0.25) is 5.91 Å². The first-order valence-corrected chi connectivity index (χ1v) is 7.99. The zero-order valence-electron chi connectivity index (χ0n) is 12.8. The van der Waals surface area contributed by atoms with Gasteiger partial charge in [-0.05, 0) is 12.8 Å². The third kappa shape index (κ3) is 2.07. The Labute approximate surface area is 129 Å². The summed E-state index contributed by atoms with van der Waals surface area (Å²) in [5.41, 5.74) is 0.845. The minimum atomic E-state index is 0.0231. The zero-order valence-corrected chi connectivity index (χ0v) is 12.8. The van der Waals surface area contributed by atoms with E-state index in [1.54, 1.807) is 16.0 Å². The van der Waals surface area contributed by atoms with Crippen LogP contribution in [0.4, 0.5) is 10.5 Å². The van der Waals surface area contributed by atoms with Gasteiger partial charge in [-0.2, -0.15) is 5.10 Å². The molecule has 22 heavy (non-hydrogen) atoms. The molecule has 4 rings (SSSR count). The fourth-order valence-electron chi connectivity index (χ4n) is 3.27. The first-order chi connectivity index (χ1) is 10.6. The third-order valence-corrected chi connectivity index (χ3v) is 5.12. The average molecular weight is 303 g/mol. The number of hydrogen-bond donors (Lipinski definition) is 0. The molecule has 0 N–H and O–H groups in total. The van der Waals surface area contributed by atoms with Crippen molar-refractivity contribution in [1.82, 2.24) is 19.6 Å². The van der Waals surface area contributed by atoms with Gasteiger partial charge >= 0.3 is 6.03 Å². The summed E-state index contributed by atoms with van der Waals surface area (Å²) in [5, 5.41) is 4.38. The molecule has 0 aromatic carbocycles. The number of likely N-dealkylation sites (tertiary alicyclic amines) is 1. The Morgan fingerprint density at radius 2 is 2.05 bits per heavy atom. The fraction of sp³-hybridized carbons (Fsp3) is 0.667. The Morgan fingerprint density at radius 1 is 1.27 bits per heavy atom. The molecule has 7 heteroatoms. The molecule has 3 heterocycles. The number of hydrogen-bond acceptors (Lipinski definition) is 3. The van der Waals surface area contributed by atoms with Gasteiger partial charge in [-0.1, -0.05) is 6.42 Å². The van der Waals surface area contributed by atoms with Crippen molar-refractivity contribution in [2.24, 2.45) is 5.92 Å². The fourth-order valence-corrected chi connectivity index (χ4v) is 3.27. The second-order valence-corrected chi connectivity index (χ2v) is 6.56. The van der Waals surface area contributed by atoms with Crippen LogP contribution in [0.1, 0.15) is 25.3 Å². The predicted molar refractivity (Wildman–Crippen MR) is 80.6 cm³/mol. The topological polar surface area (TPSA) is 61.7 Å². The highest BCUT2D eigenvalue weighted by Crippen LogP contribution is 2.32. The molecule has 7 nitrogen and oxygen atoms in total. The van der Waals surface area contributed by atoms with Gasteiger partial charge in [-0.15, -0.1) is 0 Å². The Morgan fingerprint density at radius 3 is 2.64 bits per heavy atom. The maximum absolute atomic E-state index is 12.1. The third-order valence-electron chi connectivity index (χ3n) is 5.12. The van der Waals surface area contributed by atoms with Gasteiger partial charge in [-0.25, -0.2) is 4.79 Å². The predicted octanol–water partition coefficient (Wildman–Crippen LogP) is 0.938. The largest absolute Gasteiger partial charge is 0.338 e. The molecule has 1 aliphatic carbocycles. The van der Waals surface area contributed by atoms with E-state index in [4.69, 9.17) is 0 Å². The number of likely N-dealkylation sites (N-methyl/N-ethyl adjacent to an activating group) is 1.